The summed E-state index contributed by atoms with van der Waals surface area (Å²) in [6, 6.07) is 5.96. The molecule has 10 nitrogen and oxygen atoms in total. The molecule has 4 heterocycles. The maximum atomic E-state index is 11.0. The van der Waals surface area contributed by atoms with E-state index in [2.05, 4.69) is 24.7 Å². The molecule has 34 heavy (non-hydrogen) atoms. The molecule has 3 aromatic heterocycles. The average molecular weight is 479 g/mol. The first kappa shape index (κ1) is 22.2. The number of methoxy groups -OCH3 is 1. The minimum atomic E-state index is 0.366. The van der Waals surface area contributed by atoms with Crippen molar-refractivity contribution in [3.05, 3.63) is 36.9 Å². The number of hydrogen-bond acceptors (Lipinski definition) is 8. The fraction of sp³-hybridized carbons (Fsp3) is 0.348. The number of aromatic amines is 1. The second-order valence-electron chi connectivity index (χ2n) is 8.30. The minimum absolute atomic E-state index is 0.366. The maximum absolute atomic E-state index is 11.0. The molecule has 0 saturated carbocycles. The van der Waals surface area contributed by atoms with Crippen LogP contribution in [0.15, 0.2) is 47.0 Å². The number of ether oxygens (including phenoxy) is 1. The topological polar surface area (TPSA) is 128 Å². The summed E-state index contributed by atoms with van der Waals surface area (Å²) >= 11 is 1.55. The van der Waals surface area contributed by atoms with Gasteiger partial charge in [0.2, 0.25) is 6.41 Å². The van der Waals surface area contributed by atoms with Crippen molar-refractivity contribution in [1.29, 1.82) is 0 Å². The van der Waals surface area contributed by atoms with Crippen molar-refractivity contribution in [2.45, 2.75) is 35.9 Å². The van der Waals surface area contributed by atoms with E-state index in [9.17, 15) is 4.79 Å². The van der Waals surface area contributed by atoms with Crippen LogP contribution < -0.4 is 10.5 Å². The molecular weight excluding hydrogens is 452 g/mol. The number of nitrogens with one attached hydrogen (secondary N) is 1. The molecule has 1 aliphatic heterocycles. The fourth-order valence-electron chi connectivity index (χ4n) is 4.32. The van der Waals surface area contributed by atoms with Crippen LogP contribution in [0.3, 0.4) is 0 Å². The summed E-state index contributed by atoms with van der Waals surface area (Å²) < 4.78 is 7.61. The third-order valence-corrected chi connectivity index (χ3v) is 7.34. The Bertz CT molecular complexity index is 1280. The number of benzene rings is 1. The van der Waals surface area contributed by atoms with E-state index in [-0.39, 0.29) is 0 Å². The summed E-state index contributed by atoms with van der Waals surface area (Å²) in [5, 5.41) is 7.78. The van der Waals surface area contributed by atoms with Crippen LogP contribution in [-0.4, -0.2) is 61.2 Å². The number of aryl methyl sites for hydroxylation is 1. The molecule has 0 aliphatic carbocycles. The van der Waals surface area contributed by atoms with Crippen molar-refractivity contribution in [1.82, 2.24) is 34.6 Å². The number of H-pyrrole nitrogens is 1. The van der Waals surface area contributed by atoms with Gasteiger partial charge in [0, 0.05) is 36.3 Å². The monoisotopic (exact) mass is 478 g/mol. The Balaban J connectivity index is 1.48. The van der Waals surface area contributed by atoms with E-state index in [1.807, 2.05) is 29.3 Å². The zero-order valence-electron chi connectivity index (χ0n) is 18.8. The minimum Gasteiger partial charge on any atom is -0.497 e. The van der Waals surface area contributed by atoms with Crippen LogP contribution in [0.2, 0.25) is 0 Å². The molecule has 1 saturated heterocycles. The largest absolute Gasteiger partial charge is 0.497 e. The number of hydrogen-bond donors (Lipinski definition) is 2. The molecule has 0 unspecified atom stereocenters. The van der Waals surface area contributed by atoms with Gasteiger partial charge in [0.25, 0.3) is 0 Å². The standard InChI is InChI=1S/C23H26N8O2S/c1-33-17-2-3-18(16-11-27-28-12-16)19(10-17)34-23-29-20-21(24)25-13-26-22(20)31(23)9-6-15-4-7-30(14-32)8-5-15/h2-3,10-15H,4-9H2,1H3,(H,27,28)(H2,24,25,26). The number of imidazole rings is 1. The third kappa shape index (κ3) is 4.43. The number of nitrogen functional groups attached to an aromatic ring is 1. The predicted molar refractivity (Wildman–Crippen MR) is 129 cm³/mol. The van der Waals surface area contributed by atoms with Crippen molar-refractivity contribution < 1.29 is 9.53 Å². The number of carbonyl (C=O) groups excluding carboxylic acids is 1. The Morgan fingerprint density at radius 3 is 2.88 bits per heavy atom. The Kier molecular flexibility index (Phi) is 6.35. The number of rotatable bonds is 8. The molecule has 1 aromatic carbocycles. The van der Waals surface area contributed by atoms with E-state index < -0.39 is 0 Å². The van der Waals surface area contributed by atoms with Crippen molar-refractivity contribution in [3.63, 3.8) is 0 Å². The molecule has 5 rings (SSSR count). The van der Waals surface area contributed by atoms with Gasteiger partial charge in [0.1, 0.15) is 12.1 Å². The average Bonchev–Trinajstić information content (AvgIpc) is 3.52. The maximum Gasteiger partial charge on any atom is 0.209 e. The van der Waals surface area contributed by atoms with E-state index in [1.54, 1.807) is 25.1 Å². The van der Waals surface area contributed by atoms with E-state index in [0.717, 1.165) is 77.9 Å². The van der Waals surface area contributed by atoms with Crippen molar-refractivity contribution in [2.24, 2.45) is 5.92 Å². The van der Waals surface area contributed by atoms with Crippen LogP contribution in [0.25, 0.3) is 22.3 Å². The van der Waals surface area contributed by atoms with Crippen LogP contribution in [0.4, 0.5) is 5.82 Å². The van der Waals surface area contributed by atoms with Gasteiger partial charge in [-0.15, -0.1) is 0 Å². The first-order valence-corrected chi connectivity index (χ1v) is 12.0. The molecule has 1 fully saturated rings. The number of nitrogens with two attached hydrogens (primary N) is 1. The Hall–Kier alpha value is -3.60. The lowest BCUT2D eigenvalue weighted by Gasteiger charge is -2.29. The Labute approximate surface area is 200 Å². The third-order valence-electron chi connectivity index (χ3n) is 6.28. The molecule has 0 atom stereocenters. The van der Waals surface area contributed by atoms with E-state index >= 15 is 0 Å². The predicted octanol–water partition coefficient (Wildman–Crippen LogP) is 3.22. The highest BCUT2D eigenvalue weighted by atomic mass is 32.2. The summed E-state index contributed by atoms with van der Waals surface area (Å²) in [5.41, 5.74) is 9.49. The van der Waals surface area contributed by atoms with Crippen LogP contribution in [-0.2, 0) is 11.3 Å². The molecule has 0 radical (unpaired) electrons. The summed E-state index contributed by atoms with van der Waals surface area (Å²) in [6.45, 7) is 2.38. The van der Waals surface area contributed by atoms with Gasteiger partial charge in [-0.1, -0.05) is 11.8 Å². The van der Waals surface area contributed by atoms with Crippen LogP contribution >= 0.6 is 11.8 Å². The first-order valence-electron chi connectivity index (χ1n) is 11.2. The van der Waals surface area contributed by atoms with Crippen molar-refractivity contribution in [3.8, 4) is 16.9 Å². The quantitative estimate of drug-likeness (QED) is 0.370. The molecule has 0 bridgehead atoms. The summed E-state index contributed by atoms with van der Waals surface area (Å²) in [5.74, 6) is 1.67. The fourth-order valence-corrected chi connectivity index (χ4v) is 5.41. The molecule has 1 aliphatic rings. The van der Waals surface area contributed by atoms with Gasteiger partial charge in [-0.05, 0) is 48.9 Å². The first-order chi connectivity index (χ1) is 16.7. The van der Waals surface area contributed by atoms with Crippen molar-refractivity contribution in [2.75, 3.05) is 25.9 Å². The number of aromatic nitrogens is 6. The van der Waals surface area contributed by atoms with Crippen LogP contribution in [0.5, 0.6) is 5.75 Å². The number of anilines is 1. The summed E-state index contributed by atoms with van der Waals surface area (Å²) in [4.78, 5) is 27.3. The Morgan fingerprint density at radius 2 is 2.15 bits per heavy atom. The van der Waals surface area contributed by atoms with Gasteiger partial charge >= 0.3 is 0 Å². The van der Waals surface area contributed by atoms with Gasteiger partial charge in [-0.25, -0.2) is 15.0 Å². The molecule has 3 N–H and O–H groups in total. The SMILES string of the molecule is COc1ccc(-c2cn[nH]c2)c(Sc2nc3c(N)ncnc3n2CCC2CCN(C=O)CC2)c1. The second-order valence-corrected chi connectivity index (χ2v) is 9.31. The number of amides is 1. The zero-order chi connectivity index (χ0) is 23.5. The zero-order valence-corrected chi connectivity index (χ0v) is 19.7. The summed E-state index contributed by atoms with van der Waals surface area (Å²) in [6.07, 6.45) is 9.07. The van der Waals surface area contributed by atoms with Crippen molar-refractivity contribution >= 4 is 35.2 Å². The van der Waals surface area contributed by atoms with Crippen LogP contribution in [0, 0.1) is 5.92 Å². The molecular formula is C23H26N8O2S. The van der Waals surface area contributed by atoms with E-state index in [0.29, 0.717) is 17.3 Å². The molecule has 176 valence electrons. The lowest BCUT2D eigenvalue weighted by molar-refractivity contribution is -0.119. The van der Waals surface area contributed by atoms with Gasteiger partial charge in [-0.3, -0.25) is 9.89 Å². The molecule has 0 spiro atoms. The normalized spacial score (nSPS) is 14.6. The van der Waals surface area contributed by atoms with Crippen LogP contribution in [0.1, 0.15) is 19.3 Å². The van der Waals surface area contributed by atoms with Gasteiger partial charge < -0.3 is 19.9 Å². The van der Waals surface area contributed by atoms with Gasteiger partial charge in [0.15, 0.2) is 22.1 Å². The van der Waals surface area contributed by atoms with Gasteiger partial charge in [0.05, 0.1) is 13.3 Å². The molecule has 11 heteroatoms. The number of likely N-dealkylation sites (tertiary alicyclic amines) is 1. The number of carbonyl (C=O) groups is 1. The second kappa shape index (κ2) is 9.72. The lowest BCUT2D eigenvalue weighted by Crippen LogP contribution is -2.32. The number of fused-ring (bicyclic) bond motifs is 1. The smallest absolute Gasteiger partial charge is 0.209 e. The molecule has 4 aromatic rings. The van der Waals surface area contributed by atoms with E-state index in [4.69, 9.17) is 15.5 Å². The number of piperidine rings is 1. The van der Waals surface area contributed by atoms with Gasteiger partial charge in [-0.2, -0.15) is 5.10 Å². The summed E-state index contributed by atoms with van der Waals surface area (Å²) in [7, 11) is 1.66. The highest BCUT2D eigenvalue weighted by Crippen LogP contribution is 2.39. The molecule has 1 amide bonds. The van der Waals surface area contributed by atoms with E-state index in [1.165, 1.54) is 6.33 Å². The lowest BCUT2D eigenvalue weighted by atomic mass is 9.94. The Morgan fingerprint density at radius 1 is 1.29 bits per heavy atom. The highest BCUT2D eigenvalue weighted by Gasteiger charge is 2.22. The highest BCUT2D eigenvalue weighted by molar-refractivity contribution is 7.99. The number of nitrogens with zero attached hydrogens (tertiary/aromatic N) is 6.